The highest BCUT2D eigenvalue weighted by Gasteiger charge is 2.26. The molecule has 1 N–H and O–H groups in total. The number of allylic oxidation sites excluding steroid dienone is 1. The smallest absolute Gasteiger partial charge is 0.288 e. The van der Waals surface area contributed by atoms with E-state index in [0.717, 1.165) is 6.08 Å². The predicted octanol–water partition coefficient (Wildman–Crippen LogP) is 4.38. The van der Waals surface area contributed by atoms with E-state index in [-0.39, 0.29) is 11.3 Å². The lowest BCUT2D eigenvalue weighted by Gasteiger charge is -2.09. The molecule has 0 atom stereocenters. The minimum Gasteiger partial charge on any atom is -0.288 e. The van der Waals surface area contributed by atoms with Crippen LogP contribution in [0.4, 0.5) is 5.69 Å². The fourth-order valence-corrected chi connectivity index (χ4v) is 2.79. The Morgan fingerprint density at radius 1 is 1.16 bits per heavy atom. The molecule has 0 spiro atoms. The van der Waals surface area contributed by atoms with Crippen molar-refractivity contribution in [2.24, 2.45) is 5.11 Å². The predicted molar refractivity (Wildman–Crippen MR) is 95.6 cm³/mol. The van der Waals surface area contributed by atoms with E-state index < -0.39 is 20.8 Å². The first-order valence-corrected chi connectivity index (χ1v) is 8.42. The Kier molecular flexibility index (Phi) is 5.51. The van der Waals surface area contributed by atoms with E-state index in [1.807, 2.05) is 0 Å². The molecule has 0 bridgehead atoms. The molecule has 8 heteroatoms. The van der Waals surface area contributed by atoms with E-state index in [9.17, 15) is 17.8 Å². The number of carbonyl (C=O) groups excluding carboxylic acids is 1. The second-order valence-corrected chi connectivity index (χ2v) is 6.25. The van der Waals surface area contributed by atoms with Crippen molar-refractivity contribution >= 4 is 33.7 Å². The summed E-state index contributed by atoms with van der Waals surface area (Å²) in [7, 11) is -4.81. The number of carbonyl (C=O) groups is 1. The van der Waals surface area contributed by atoms with E-state index in [2.05, 4.69) is 16.6 Å². The van der Waals surface area contributed by atoms with Gasteiger partial charge in [-0.3, -0.25) is 9.35 Å². The highest BCUT2D eigenvalue weighted by molar-refractivity contribution is 7.91. The summed E-state index contributed by atoms with van der Waals surface area (Å²) in [6.45, 7) is 3.56. The van der Waals surface area contributed by atoms with Crippen molar-refractivity contribution in [1.29, 1.82) is 0 Å². The van der Waals surface area contributed by atoms with Gasteiger partial charge in [-0.15, -0.1) is 0 Å². The number of benzene rings is 2. The molecule has 25 heavy (non-hydrogen) atoms. The molecule has 0 unspecified atom stereocenters. The van der Waals surface area contributed by atoms with Gasteiger partial charge < -0.3 is 0 Å². The lowest BCUT2D eigenvalue weighted by molar-refractivity contribution is 0.104. The molecule has 2 aromatic carbocycles. The number of hydrogen-bond donors (Lipinski definition) is 1. The van der Waals surface area contributed by atoms with Gasteiger partial charge in [0.2, 0.25) is 5.78 Å². The third-order valence-electron chi connectivity index (χ3n) is 3.28. The van der Waals surface area contributed by atoms with Crippen LogP contribution in [0.25, 0.3) is 22.6 Å². The maximum atomic E-state index is 12.7. The zero-order valence-electron chi connectivity index (χ0n) is 12.9. The van der Waals surface area contributed by atoms with Crippen LogP contribution in [-0.2, 0) is 10.1 Å². The van der Waals surface area contributed by atoms with Crippen LogP contribution in [0.3, 0.4) is 0 Å². The lowest BCUT2D eigenvalue weighted by Crippen LogP contribution is -2.13. The van der Waals surface area contributed by atoms with Gasteiger partial charge in [-0.05, 0) is 22.7 Å². The van der Waals surface area contributed by atoms with Crippen LogP contribution in [0.1, 0.15) is 21.5 Å². The maximum Gasteiger partial charge on any atom is 0.298 e. The first kappa shape index (κ1) is 18.2. The van der Waals surface area contributed by atoms with Crippen molar-refractivity contribution in [2.45, 2.75) is 0 Å². The van der Waals surface area contributed by atoms with E-state index in [1.54, 1.807) is 36.4 Å². The monoisotopic (exact) mass is 355 g/mol. The molecule has 7 nitrogen and oxygen atoms in total. The van der Waals surface area contributed by atoms with Crippen LogP contribution in [-0.4, -0.2) is 18.8 Å². The summed E-state index contributed by atoms with van der Waals surface area (Å²) in [4.78, 5) is 14.6. The average Bonchev–Trinajstić information content (AvgIpc) is 2.59. The first-order chi connectivity index (χ1) is 11.9. The fourth-order valence-electron chi connectivity index (χ4n) is 2.16. The molecule has 0 radical (unpaired) electrons. The molecule has 0 aliphatic rings. The minimum atomic E-state index is -4.81. The SMILES string of the molecule is C=Cc1cccc(C(=O)C(=Cc2ccccc2)S(=O)(=O)O)c1N=[N+]=[N-]. The van der Waals surface area contributed by atoms with Crippen LogP contribution in [0.2, 0.25) is 0 Å². The second-order valence-electron chi connectivity index (χ2n) is 4.86. The van der Waals surface area contributed by atoms with Crippen LogP contribution in [0, 0.1) is 0 Å². The zero-order chi connectivity index (χ0) is 18.4. The molecule has 0 heterocycles. The quantitative estimate of drug-likeness (QED) is 0.206. The normalized spacial score (nSPS) is 11.5. The largest absolute Gasteiger partial charge is 0.298 e. The Morgan fingerprint density at radius 3 is 2.40 bits per heavy atom. The molecular formula is C17H13N3O4S. The first-order valence-electron chi connectivity index (χ1n) is 6.98. The van der Waals surface area contributed by atoms with Crippen molar-refractivity contribution in [3.05, 3.63) is 87.1 Å². The Hall–Kier alpha value is -3.19. The standard InChI is InChI=1S/C17H13N3O4S/c1-2-13-9-6-10-14(16(13)19-20-18)17(21)15(25(22,23)24)11-12-7-4-3-5-8-12/h2-11H,1H2,(H,22,23,24). The third-order valence-corrected chi connectivity index (χ3v) is 4.13. The van der Waals surface area contributed by atoms with Crippen molar-refractivity contribution < 1.29 is 17.8 Å². The zero-order valence-corrected chi connectivity index (χ0v) is 13.7. The number of rotatable bonds is 6. The van der Waals surface area contributed by atoms with Gasteiger partial charge in [-0.1, -0.05) is 66.3 Å². The summed E-state index contributed by atoms with van der Waals surface area (Å²) < 4.78 is 32.9. The van der Waals surface area contributed by atoms with Gasteiger partial charge in [0.1, 0.15) is 4.91 Å². The molecule has 2 aromatic rings. The fraction of sp³-hybridized carbons (Fsp3) is 0. The van der Waals surface area contributed by atoms with E-state index in [4.69, 9.17) is 5.53 Å². The average molecular weight is 355 g/mol. The number of ketones is 1. The Bertz CT molecular complexity index is 1010. The van der Waals surface area contributed by atoms with Gasteiger partial charge >= 0.3 is 0 Å². The lowest BCUT2D eigenvalue weighted by atomic mass is 10.0. The van der Waals surface area contributed by atoms with Gasteiger partial charge in [0.25, 0.3) is 10.1 Å². The van der Waals surface area contributed by atoms with Gasteiger partial charge in [-0.2, -0.15) is 8.42 Å². The molecule has 0 aliphatic heterocycles. The Morgan fingerprint density at radius 2 is 1.84 bits per heavy atom. The molecule has 0 aromatic heterocycles. The van der Waals surface area contributed by atoms with Crippen molar-refractivity contribution in [3.63, 3.8) is 0 Å². The van der Waals surface area contributed by atoms with Crippen LogP contribution >= 0.6 is 0 Å². The second kappa shape index (κ2) is 7.59. The van der Waals surface area contributed by atoms with Gasteiger partial charge in [0, 0.05) is 10.5 Å². The van der Waals surface area contributed by atoms with Gasteiger partial charge in [0.05, 0.1) is 5.69 Å². The number of Topliss-reactive ketones (excluding diaryl/α,β-unsaturated/α-hetero) is 1. The Labute approximate surface area is 144 Å². The highest BCUT2D eigenvalue weighted by atomic mass is 32.2. The molecule has 126 valence electrons. The third kappa shape index (κ3) is 4.21. The molecule has 0 saturated carbocycles. The molecule has 0 aliphatic carbocycles. The van der Waals surface area contributed by atoms with E-state index in [0.29, 0.717) is 11.1 Å². The van der Waals surface area contributed by atoms with E-state index >= 15 is 0 Å². The van der Waals surface area contributed by atoms with Crippen LogP contribution < -0.4 is 0 Å². The van der Waals surface area contributed by atoms with Crippen LogP contribution in [0.5, 0.6) is 0 Å². The van der Waals surface area contributed by atoms with Gasteiger partial charge in [0.15, 0.2) is 0 Å². The van der Waals surface area contributed by atoms with E-state index in [1.165, 1.54) is 18.2 Å². The molecule has 2 rings (SSSR count). The van der Waals surface area contributed by atoms with Crippen molar-refractivity contribution in [1.82, 2.24) is 0 Å². The topological polar surface area (TPSA) is 120 Å². The maximum absolute atomic E-state index is 12.7. The Balaban J connectivity index is 2.69. The minimum absolute atomic E-state index is 0.0624. The van der Waals surface area contributed by atoms with Crippen molar-refractivity contribution in [2.75, 3.05) is 0 Å². The molecule has 0 amide bonds. The number of hydrogen-bond acceptors (Lipinski definition) is 4. The summed E-state index contributed by atoms with van der Waals surface area (Å²) in [6, 6.07) is 12.5. The summed E-state index contributed by atoms with van der Waals surface area (Å²) in [6.07, 6.45) is 2.42. The summed E-state index contributed by atoms with van der Waals surface area (Å²) >= 11 is 0. The summed E-state index contributed by atoms with van der Waals surface area (Å²) in [5.41, 5.74) is 9.26. The number of azide groups is 1. The number of nitrogens with zero attached hydrogens (tertiary/aromatic N) is 3. The molecule has 0 saturated heterocycles. The summed E-state index contributed by atoms with van der Waals surface area (Å²) in [5.74, 6) is -0.988. The molecule has 0 fully saturated rings. The van der Waals surface area contributed by atoms with Gasteiger partial charge in [-0.25, -0.2) is 0 Å². The molecular weight excluding hydrogens is 342 g/mol. The van der Waals surface area contributed by atoms with Crippen molar-refractivity contribution in [3.8, 4) is 0 Å². The highest BCUT2D eigenvalue weighted by Crippen LogP contribution is 2.29. The summed E-state index contributed by atoms with van der Waals surface area (Å²) in [5, 5.41) is 3.45. The van der Waals surface area contributed by atoms with Crippen LogP contribution in [0.15, 0.2) is 65.1 Å².